The molecule has 0 radical (unpaired) electrons. The number of nitrogens with one attached hydrogen (secondary N) is 2. The Labute approximate surface area is 102 Å². The van der Waals surface area contributed by atoms with Gasteiger partial charge in [-0.15, -0.1) is 0 Å². The topological polar surface area (TPSA) is 106 Å². The van der Waals surface area contributed by atoms with Crippen molar-refractivity contribution in [1.29, 1.82) is 0 Å². The molecule has 0 bridgehead atoms. The van der Waals surface area contributed by atoms with Gasteiger partial charge >= 0.3 is 0 Å². The third-order valence-electron chi connectivity index (χ3n) is 2.47. The molecule has 92 valence electrons. The summed E-state index contributed by atoms with van der Waals surface area (Å²) in [5, 5.41) is 6.65. The van der Waals surface area contributed by atoms with Gasteiger partial charge in [-0.1, -0.05) is 0 Å². The molecule has 7 heteroatoms. The zero-order valence-corrected chi connectivity index (χ0v) is 9.77. The van der Waals surface area contributed by atoms with Gasteiger partial charge in [0.15, 0.2) is 11.5 Å². The van der Waals surface area contributed by atoms with Gasteiger partial charge in [0.25, 0.3) is 0 Å². The van der Waals surface area contributed by atoms with Gasteiger partial charge in [-0.3, -0.25) is 5.10 Å². The molecule has 0 atom stereocenters. The molecule has 3 aromatic heterocycles. The van der Waals surface area contributed by atoms with Crippen LogP contribution in [-0.4, -0.2) is 31.8 Å². The van der Waals surface area contributed by atoms with Gasteiger partial charge < -0.3 is 15.5 Å². The van der Waals surface area contributed by atoms with Crippen LogP contribution in [-0.2, 0) is 0 Å². The third kappa shape index (κ3) is 1.75. The molecule has 0 saturated carbocycles. The molecule has 0 aromatic carbocycles. The Morgan fingerprint density at radius 2 is 2.22 bits per heavy atom. The molecule has 0 fully saturated rings. The number of fused-ring (bicyclic) bond motifs is 1. The second-order valence-electron chi connectivity index (χ2n) is 3.75. The predicted molar refractivity (Wildman–Crippen MR) is 67.1 cm³/mol. The molecule has 0 aliphatic heterocycles. The van der Waals surface area contributed by atoms with Crippen molar-refractivity contribution in [3.05, 3.63) is 18.2 Å². The maximum Gasteiger partial charge on any atom is 0.215 e. The summed E-state index contributed by atoms with van der Waals surface area (Å²) in [6.07, 6.45) is 0. The minimum atomic E-state index is 0.424. The monoisotopic (exact) mass is 244 g/mol. The van der Waals surface area contributed by atoms with Crippen molar-refractivity contribution in [1.82, 2.24) is 25.1 Å². The molecule has 0 aliphatic carbocycles. The first-order chi connectivity index (χ1) is 8.76. The Balaban J connectivity index is 2.05. The lowest BCUT2D eigenvalue weighted by atomic mass is 10.4. The van der Waals surface area contributed by atoms with Crippen molar-refractivity contribution in [2.24, 2.45) is 0 Å². The van der Waals surface area contributed by atoms with E-state index in [0.29, 0.717) is 29.8 Å². The predicted octanol–water partition coefficient (Wildman–Crippen LogP) is 1.33. The number of nitrogen functional groups attached to an aromatic ring is 1. The second-order valence-corrected chi connectivity index (χ2v) is 3.75. The van der Waals surface area contributed by atoms with Crippen LogP contribution < -0.4 is 10.5 Å². The van der Waals surface area contributed by atoms with Crippen LogP contribution in [0.5, 0.6) is 5.88 Å². The molecule has 3 aromatic rings. The lowest BCUT2D eigenvalue weighted by Crippen LogP contribution is -1.93. The van der Waals surface area contributed by atoms with Gasteiger partial charge in [0.05, 0.1) is 12.1 Å². The number of anilines is 1. The quantitative estimate of drug-likeness (QED) is 0.644. The van der Waals surface area contributed by atoms with Gasteiger partial charge in [0.1, 0.15) is 11.5 Å². The van der Waals surface area contributed by atoms with E-state index >= 15 is 0 Å². The molecule has 0 saturated heterocycles. The standard InChI is InChI=1S/C11H12N6O/c1-2-18-9-4-3-6-10(14-9)15-11(13-6)7-5-8(12)17-16-7/h3-5H,2H2,1H3,(H3,12,16,17)(H,13,14,15). The molecular weight excluding hydrogens is 232 g/mol. The van der Waals surface area contributed by atoms with Crippen LogP contribution in [0.2, 0.25) is 0 Å². The van der Waals surface area contributed by atoms with E-state index in [9.17, 15) is 0 Å². The lowest BCUT2D eigenvalue weighted by molar-refractivity contribution is 0.328. The highest BCUT2D eigenvalue weighted by Crippen LogP contribution is 2.20. The Hall–Kier alpha value is -2.57. The fourth-order valence-electron chi connectivity index (χ4n) is 1.69. The maximum absolute atomic E-state index is 5.55. The zero-order chi connectivity index (χ0) is 12.5. The largest absolute Gasteiger partial charge is 0.478 e. The van der Waals surface area contributed by atoms with Crippen molar-refractivity contribution in [3.63, 3.8) is 0 Å². The van der Waals surface area contributed by atoms with Crippen LogP contribution in [0.1, 0.15) is 6.92 Å². The van der Waals surface area contributed by atoms with E-state index in [1.54, 1.807) is 12.1 Å². The highest BCUT2D eigenvalue weighted by atomic mass is 16.5. The Morgan fingerprint density at radius 1 is 1.33 bits per heavy atom. The summed E-state index contributed by atoms with van der Waals surface area (Å²) in [5.41, 5.74) is 7.72. The van der Waals surface area contributed by atoms with Crippen molar-refractivity contribution in [2.45, 2.75) is 6.92 Å². The number of hydrogen-bond acceptors (Lipinski definition) is 5. The second kappa shape index (κ2) is 4.02. The molecule has 0 aliphatic rings. The summed E-state index contributed by atoms with van der Waals surface area (Å²) in [7, 11) is 0. The Kier molecular flexibility index (Phi) is 2.36. The van der Waals surface area contributed by atoms with Crippen molar-refractivity contribution in [3.8, 4) is 17.4 Å². The highest BCUT2D eigenvalue weighted by Gasteiger charge is 2.09. The zero-order valence-electron chi connectivity index (χ0n) is 9.77. The lowest BCUT2D eigenvalue weighted by Gasteiger charge is -1.99. The maximum atomic E-state index is 5.55. The summed E-state index contributed by atoms with van der Waals surface area (Å²) < 4.78 is 5.33. The number of imidazole rings is 1. The normalized spacial score (nSPS) is 10.9. The van der Waals surface area contributed by atoms with E-state index in [1.807, 2.05) is 13.0 Å². The molecular formula is C11H12N6O. The number of ether oxygens (including phenoxy) is 1. The minimum absolute atomic E-state index is 0.424. The van der Waals surface area contributed by atoms with E-state index in [-0.39, 0.29) is 0 Å². The van der Waals surface area contributed by atoms with Crippen LogP contribution in [0.3, 0.4) is 0 Å². The van der Waals surface area contributed by atoms with Crippen molar-refractivity contribution >= 4 is 17.0 Å². The van der Waals surface area contributed by atoms with E-state index in [0.717, 1.165) is 11.2 Å². The number of aromatic nitrogens is 5. The first-order valence-electron chi connectivity index (χ1n) is 5.57. The number of nitrogens with two attached hydrogens (primary N) is 1. The van der Waals surface area contributed by atoms with Gasteiger partial charge in [-0.2, -0.15) is 10.1 Å². The number of rotatable bonds is 3. The smallest absolute Gasteiger partial charge is 0.215 e. The first kappa shape index (κ1) is 10.6. The van der Waals surface area contributed by atoms with Gasteiger partial charge in [0, 0.05) is 12.1 Å². The number of H-pyrrole nitrogens is 2. The van der Waals surface area contributed by atoms with Gasteiger partial charge in [-0.25, -0.2) is 4.98 Å². The SMILES string of the molecule is CCOc1ccc2[nH]c(-c3cc(N)n[nH]3)nc2n1. The summed E-state index contributed by atoms with van der Waals surface area (Å²) in [6.45, 7) is 2.49. The Bertz CT molecular complexity index is 686. The van der Waals surface area contributed by atoms with Gasteiger partial charge in [0.2, 0.25) is 5.88 Å². The van der Waals surface area contributed by atoms with Crippen molar-refractivity contribution < 1.29 is 4.74 Å². The molecule has 0 amide bonds. The fourth-order valence-corrected chi connectivity index (χ4v) is 1.69. The number of pyridine rings is 1. The number of hydrogen-bond donors (Lipinski definition) is 3. The van der Waals surface area contributed by atoms with Crippen LogP contribution in [0.4, 0.5) is 5.82 Å². The van der Waals surface area contributed by atoms with Crippen LogP contribution >= 0.6 is 0 Å². The molecule has 7 nitrogen and oxygen atoms in total. The molecule has 3 rings (SSSR count). The van der Waals surface area contributed by atoms with E-state index in [4.69, 9.17) is 10.5 Å². The number of aromatic amines is 2. The molecule has 3 heterocycles. The average molecular weight is 244 g/mol. The summed E-state index contributed by atoms with van der Waals surface area (Å²) in [5.74, 6) is 1.64. The first-order valence-corrected chi connectivity index (χ1v) is 5.57. The summed E-state index contributed by atoms with van der Waals surface area (Å²) in [6, 6.07) is 5.39. The molecule has 0 spiro atoms. The Morgan fingerprint density at radius 3 is 2.94 bits per heavy atom. The molecule has 0 unspecified atom stereocenters. The minimum Gasteiger partial charge on any atom is -0.478 e. The highest BCUT2D eigenvalue weighted by molar-refractivity contribution is 5.75. The van der Waals surface area contributed by atoms with E-state index in [2.05, 4.69) is 25.1 Å². The van der Waals surface area contributed by atoms with Crippen LogP contribution in [0.25, 0.3) is 22.7 Å². The molecule has 18 heavy (non-hydrogen) atoms. The fraction of sp³-hybridized carbons (Fsp3) is 0.182. The molecule has 4 N–H and O–H groups in total. The van der Waals surface area contributed by atoms with E-state index in [1.165, 1.54) is 0 Å². The van der Waals surface area contributed by atoms with Crippen LogP contribution in [0.15, 0.2) is 18.2 Å². The average Bonchev–Trinajstić information content (AvgIpc) is 2.94. The van der Waals surface area contributed by atoms with E-state index < -0.39 is 0 Å². The van der Waals surface area contributed by atoms with Gasteiger partial charge in [-0.05, 0) is 13.0 Å². The number of nitrogens with zero attached hydrogens (tertiary/aromatic N) is 3. The van der Waals surface area contributed by atoms with Crippen molar-refractivity contribution in [2.75, 3.05) is 12.3 Å². The summed E-state index contributed by atoms with van der Waals surface area (Å²) in [4.78, 5) is 11.8. The van der Waals surface area contributed by atoms with Crippen LogP contribution in [0, 0.1) is 0 Å². The summed E-state index contributed by atoms with van der Waals surface area (Å²) >= 11 is 0. The third-order valence-corrected chi connectivity index (χ3v) is 2.47.